The number of hydrogen-bond acceptors (Lipinski definition) is 6. The highest BCUT2D eigenvalue weighted by molar-refractivity contribution is 5.71. The summed E-state index contributed by atoms with van der Waals surface area (Å²) >= 11 is 0. The molecule has 28 heavy (non-hydrogen) atoms. The number of benzene rings is 2. The Morgan fingerprint density at radius 2 is 1.82 bits per heavy atom. The van der Waals surface area contributed by atoms with Gasteiger partial charge in [0.2, 0.25) is 0 Å². The van der Waals surface area contributed by atoms with Gasteiger partial charge in [0.15, 0.2) is 19.0 Å². The molecule has 146 valence electrons. The van der Waals surface area contributed by atoms with Gasteiger partial charge < -0.3 is 14.0 Å². The fourth-order valence-electron chi connectivity index (χ4n) is 2.72. The van der Waals surface area contributed by atoms with Crippen molar-refractivity contribution in [3.8, 4) is 5.75 Å². The van der Waals surface area contributed by atoms with Gasteiger partial charge in [0.05, 0.1) is 0 Å². The Labute approximate surface area is 164 Å². The maximum absolute atomic E-state index is 12.0. The Kier molecular flexibility index (Phi) is 6.78. The van der Waals surface area contributed by atoms with Crippen molar-refractivity contribution in [2.75, 3.05) is 6.61 Å². The Morgan fingerprint density at radius 1 is 1.07 bits per heavy atom. The summed E-state index contributed by atoms with van der Waals surface area (Å²) in [5, 5.41) is 3.87. The van der Waals surface area contributed by atoms with Crippen LogP contribution in [0, 0.1) is 5.92 Å². The van der Waals surface area contributed by atoms with Crippen molar-refractivity contribution in [3.63, 3.8) is 0 Å². The van der Waals surface area contributed by atoms with Crippen LogP contribution in [0.3, 0.4) is 0 Å². The number of esters is 1. The summed E-state index contributed by atoms with van der Waals surface area (Å²) in [5.41, 5.74) is 2.19. The van der Waals surface area contributed by atoms with Crippen LogP contribution < -0.4 is 4.74 Å². The smallest absolute Gasteiger partial charge is 0.344 e. The number of aromatic nitrogens is 2. The Hall–Kier alpha value is -3.15. The van der Waals surface area contributed by atoms with Crippen molar-refractivity contribution < 1.29 is 18.8 Å². The molecular formula is C22H24N2O4. The average Bonchev–Trinajstić information content (AvgIpc) is 3.13. The molecule has 0 saturated heterocycles. The van der Waals surface area contributed by atoms with Crippen LogP contribution in [0.4, 0.5) is 0 Å². The predicted octanol–water partition coefficient (Wildman–Crippen LogP) is 3.98. The van der Waals surface area contributed by atoms with Gasteiger partial charge in [0.1, 0.15) is 5.75 Å². The summed E-state index contributed by atoms with van der Waals surface area (Å²) in [5.74, 6) is 1.51. The van der Waals surface area contributed by atoms with E-state index < -0.39 is 5.97 Å². The number of carbonyl (C=O) groups is 1. The van der Waals surface area contributed by atoms with Crippen LogP contribution in [0.1, 0.15) is 36.7 Å². The number of rotatable bonds is 9. The molecule has 0 aliphatic heterocycles. The first-order valence-electron chi connectivity index (χ1n) is 9.32. The van der Waals surface area contributed by atoms with Crippen molar-refractivity contribution in [3.05, 3.63) is 77.4 Å². The van der Waals surface area contributed by atoms with Gasteiger partial charge in [-0.25, -0.2) is 4.79 Å². The van der Waals surface area contributed by atoms with Crippen molar-refractivity contribution in [2.45, 2.75) is 33.3 Å². The molecule has 0 amide bonds. The van der Waals surface area contributed by atoms with E-state index in [4.69, 9.17) is 14.0 Å². The largest absolute Gasteiger partial charge is 0.482 e. The Morgan fingerprint density at radius 3 is 2.61 bits per heavy atom. The van der Waals surface area contributed by atoms with Crippen molar-refractivity contribution >= 4 is 5.97 Å². The lowest BCUT2D eigenvalue weighted by molar-refractivity contribution is -0.148. The zero-order chi connectivity index (χ0) is 19.8. The summed E-state index contributed by atoms with van der Waals surface area (Å²) in [6.45, 7) is 3.91. The van der Waals surface area contributed by atoms with Crippen molar-refractivity contribution in [1.82, 2.24) is 10.1 Å². The fourth-order valence-corrected chi connectivity index (χ4v) is 2.72. The Balaban J connectivity index is 1.50. The molecule has 0 N–H and O–H groups in total. The van der Waals surface area contributed by atoms with E-state index in [2.05, 4.69) is 36.1 Å². The van der Waals surface area contributed by atoms with Gasteiger partial charge in [-0.05, 0) is 23.1 Å². The molecule has 1 heterocycles. The average molecular weight is 380 g/mol. The van der Waals surface area contributed by atoms with Gasteiger partial charge in [0, 0.05) is 12.8 Å². The lowest BCUT2D eigenvalue weighted by Gasteiger charge is -2.11. The predicted molar refractivity (Wildman–Crippen MR) is 104 cm³/mol. The van der Waals surface area contributed by atoms with Crippen LogP contribution >= 0.6 is 0 Å². The lowest BCUT2D eigenvalue weighted by Crippen LogP contribution is -2.15. The molecule has 0 aliphatic carbocycles. The van der Waals surface area contributed by atoms with Crippen LogP contribution in [-0.2, 0) is 29.0 Å². The number of ether oxygens (including phenoxy) is 2. The van der Waals surface area contributed by atoms with Crippen LogP contribution in [0.15, 0.2) is 59.1 Å². The van der Waals surface area contributed by atoms with Crippen LogP contribution in [0.25, 0.3) is 0 Å². The van der Waals surface area contributed by atoms with E-state index in [9.17, 15) is 4.79 Å². The maximum Gasteiger partial charge on any atom is 0.344 e. The van der Waals surface area contributed by atoms with Gasteiger partial charge in [0.25, 0.3) is 5.89 Å². The molecule has 0 bridgehead atoms. The third-order valence-corrected chi connectivity index (χ3v) is 4.01. The zero-order valence-electron chi connectivity index (χ0n) is 16.1. The molecule has 0 aliphatic rings. The topological polar surface area (TPSA) is 74.5 Å². The van der Waals surface area contributed by atoms with Gasteiger partial charge in [-0.2, -0.15) is 4.98 Å². The highest BCUT2D eigenvalue weighted by Crippen LogP contribution is 2.21. The zero-order valence-corrected chi connectivity index (χ0v) is 16.1. The number of carbonyl (C=O) groups excluding carboxylic acids is 1. The third-order valence-electron chi connectivity index (χ3n) is 4.01. The van der Waals surface area contributed by atoms with E-state index in [0.717, 1.165) is 18.4 Å². The summed E-state index contributed by atoms with van der Waals surface area (Å²) in [6, 6.07) is 17.8. The summed E-state index contributed by atoms with van der Waals surface area (Å²) in [4.78, 5) is 16.2. The molecule has 1 aromatic heterocycles. The second-order valence-corrected chi connectivity index (χ2v) is 6.92. The van der Waals surface area contributed by atoms with E-state index in [-0.39, 0.29) is 19.1 Å². The normalized spacial score (nSPS) is 10.8. The molecule has 0 spiro atoms. The standard InChI is InChI=1S/C22H24N2O4/c1-16(2)12-20-23-21(28-24-20)14-27-22(25)15-26-19-11-7-6-10-18(19)13-17-8-4-3-5-9-17/h3-11,16H,12-15H2,1-2H3. The molecule has 6 heteroatoms. The van der Waals surface area contributed by atoms with E-state index >= 15 is 0 Å². The minimum absolute atomic E-state index is 0.0566. The highest BCUT2D eigenvalue weighted by Gasteiger charge is 2.12. The molecule has 0 atom stereocenters. The molecule has 0 saturated carbocycles. The quantitative estimate of drug-likeness (QED) is 0.523. The minimum atomic E-state index is -0.488. The van der Waals surface area contributed by atoms with Crippen LogP contribution in [0.2, 0.25) is 0 Å². The second kappa shape index (κ2) is 9.69. The molecule has 3 aromatic rings. The van der Waals surface area contributed by atoms with Gasteiger partial charge in [-0.3, -0.25) is 0 Å². The molecular weight excluding hydrogens is 356 g/mol. The summed E-state index contributed by atoms with van der Waals surface area (Å²) < 4.78 is 15.9. The van der Waals surface area contributed by atoms with Gasteiger partial charge in [-0.1, -0.05) is 67.5 Å². The first-order chi connectivity index (χ1) is 13.6. The number of nitrogens with zero attached hydrogens (tertiary/aromatic N) is 2. The minimum Gasteiger partial charge on any atom is -0.482 e. The first kappa shape index (κ1) is 19.6. The molecule has 2 aromatic carbocycles. The number of hydrogen-bond donors (Lipinski definition) is 0. The lowest BCUT2D eigenvalue weighted by atomic mass is 10.0. The van der Waals surface area contributed by atoms with E-state index in [0.29, 0.717) is 17.5 Å². The Bertz CT molecular complexity index is 890. The summed E-state index contributed by atoms with van der Waals surface area (Å²) in [7, 11) is 0. The molecule has 6 nitrogen and oxygen atoms in total. The monoisotopic (exact) mass is 380 g/mol. The van der Waals surface area contributed by atoms with Gasteiger partial charge in [-0.15, -0.1) is 0 Å². The summed E-state index contributed by atoms with van der Waals surface area (Å²) in [6.07, 6.45) is 1.45. The molecule has 0 radical (unpaired) electrons. The van der Waals surface area contributed by atoms with E-state index in [1.54, 1.807) is 0 Å². The second-order valence-electron chi connectivity index (χ2n) is 6.92. The van der Waals surface area contributed by atoms with Crippen molar-refractivity contribution in [2.24, 2.45) is 5.92 Å². The highest BCUT2D eigenvalue weighted by atomic mass is 16.6. The van der Waals surface area contributed by atoms with Crippen LogP contribution in [0.5, 0.6) is 5.75 Å². The third kappa shape index (κ3) is 5.94. The van der Waals surface area contributed by atoms with E-state index in [1.165, 1.54) is 5.56 Å². The molecule has 3 rings (SSSR count). The SMILES string of the molecule is CC(C)Cc1noc(COC(=O)COc2ccccc2Cc2ccccc2)n1. The van der Waals surface area contributed by atoms with Crippen LogP contribution in [-0.4, -0.2) is 22.7 Å². The molecule has 0 unspecified atom stereocenters. The molecule has 0 fully saturated rings. The first-order valence-corrected chi connectivity index (χ1v) is 9.32. The maximum atomic E-state index is 12.0. The van der Waals surface area contributed by atoms with Crippen molar-refractivity contribution in [1.29, 1.82) is 0 Å². The van der Waals surface area contributed by atoms with Gasteiger partial charge >= 0.3 is 5.97 Å². The van der Waals surface area contributed by atoms with E-state index in [1.807, 2.05) is 42.5 Å². The number of para-hydroxylation sites is 1. The fraction of sp³-hybridized carbons (Fsp3) is 0.318.